The van der Waals surface area contributed by atoms with Crippen LogP contribution < -0.4 is 5.32 Å². The van der Waals surface area contributed by atoms with Crippen LogP contribution in [0.1, 0.15) is 33.1 Å². The van der Waals surface area contributed by atoms with E-state index in [2.05, 4.69) is 24.1 Å². The molecule has 0 spiro atoms. The second-order valence-corrected chi connectivity index (χ2v) is 6.14. The largest absolute Gasteiger partial charge is 0.381 e. The van der Waals surface area contributed by atoms with E-state index in [1.807, 2.05) is 0 Å². The lowest BCUT2D eigenvalue weighted by Crippen LogP contribution is -2.39. The number of hydrogen-bond donors (Lipinski definition) is 1. The Labute approximate surface area is 126 Å². The van der Waals surface area contributed by atoms with E-state index in [9.17, 15) is 4.39 Å². The molecule has 20 heavy (non-hydrogen) atoms. The second-order valence-electron chi connectivity index (χ2n) is 5.74. The van der Waals surface area contributed by atoms with Crippen LogP contribution in [0, 0.1) is 11.7 Å². The van der Waals surface area contributed by atoms with Crippen molar-refractivity contribution in [3.63, 3.8) is 0 Å². The number of hydrogen-bond acceptors (Lipinski definition) is 2. The molecule has 2 nitrogen and oxygen atoms in total. The van der Waals surface area contributed by atoms with Gasteiger partial charge in [-0.25, -0.2) is 4.39 Å². The molecular formula is C16H24ClFN2. The first-order valence-corrected chi connectivity index (χ1v) is 7.92. The highest BCUT2D eigenvalue weighted by atomic mass is 35.5. The van der Waals surface area contributed by atoms with Crippen LogP contribution in [0.5, 0.6) is 0 Å². The Hall–Kier alpha value is -0.800. The highest BCUT2D eigenvalue weighted by Crippen LogP contribution is 2.27. The fourth-order valence-electron chi connectivity index (χ4n) is 2.96. The molecule has 1 fully saturated rings. The summed E-state index contributed by atoms with van der Waals surface area (Å²) in [5, 5.41) is 3.90. The predicted octanol–water partition coefficient (Wildman–Crippen LogP) is 4.40. The van der Waals surface area contributed by atoms with E-state index < -0.39 is 0 Å². The first-order chi connectivity index (χ1) is 9.60. The van der Waals surface area contributed by atoms with Crippen molar-refractivity contribution in [2.45, 2.75) is 39.2 Å². The molecule has 1 N–H and O–H groups in total. The van der Waals surface area contributed by atoms with Gasteiger partial charge in [-0.3, -0.25) is 0 Å². The average molecular weight is 299 g/mol. The number of benzene rings is 1. The molecule has 1 unspecified atom stereocenters. The number of likely N-dealkylation sites (tertiary alicyclic amines) is 1. The summed E-state index contributed by atoms with van der Waals surface area (Å²) in [6, 6.07) is 4.90. The van der Waals surface area contributed by atoms with Crippen molar-refractivity contribution in [2.24, 2.45) is 5.92 Å². The Morgan fingerprint density at radius 2 is 2.10 bits per heavy atom. The molecule has 1 aliphatic heterocycles. The fraction of sp³-hybridized carbons (Fsp3) is 0.625. The molecule has 112 valence electrons. The first kappa shape index (κ1) is 15.6. The van der Waals surface area contributed by atoms with Gasteiger partial charge in [-0.05, 0) is 69.9 Å². The molecule has 1 saturated heterocycles. The number of anilines is 1. The summed E-state index contributed by atoms with van der Waals surface area (Å²) in [6.45, 7) is 7.99. The van der Waals surface area contributed by atoms with Crippen LogP contribution in [-0.4, -0.2) is 30.6 Å². The van der Waals surface area contributed by atoms with Gasteiger partial charge in [-0.15, -0.1) is 0 Å². The normalized spacial score (nSPS) is 19.0. The van der Waals surface area contributed by atoms with Crippen LogP contribution in [0.25, 0.3) is 0 Å². The molecule has 2 rings (SSSR count). The predicted molar refractivity (Wildman–Crippen MR) is 83.9 cm³/mol. The number of nitrogens with zero attached hydrogens (tertiary/aromatic N) is 1. The van der Waals surface area contributed by atoms with E-state index in [1.54, 1.807) is 6.07 Å². The van der Waals surface area contributed by atoms with Gasteiger partial charge in [0.15, 0.2) is 0 Å². The SMILES string of the molecule is CCCN1CCC(C(C)Nc2ccc(F)cc2Cl)CC1. The van der Waals surface area contributed by atoms with E-state index in [0.29, 0.717) is 17.0 Å². The Kier molecular flexibility index (Phi) is 5.67. The summed E-state index contributed by atoms with van der Waals surface area (Å²) < 4.78 is 13.0. The van der Waals surface area contributed by atoms with Gasteiger partial charge in [0.1, 0.15) is 5.82 Å². The molecule has 1 aliphatic rings. The summed E-state index contributed by atoms with van der Waals surface area (Å²) in [4.78, 5) is 2.54. The standard InChI is InChI=1S/C16H24ClFN2/c1-3-8-20-9-6-13(7-10-20)12(2)19-16-5-4-14(18)11-15(16)17/h4-5,11-13,19H,3,6-10H2,1-2H3. The first-order valence-electron chi connectivity index (χ1n) is 7.54. The minimum Gasteiger partial charge on any atom is -0.381 e. The van der Waals surface area contributed by atoms with Gasteiger partial charge in [0, 0.05) is 6.04 Å². The van der Waals surface area contributed by atoms with Crippen molar-refractivity contribution in [3.8, 4) is 0 Å². The van der Waals surface area contributed by atoms with Crippen LogP contribution in [0.3, 0.4) is 0 Å². The monoisotopic (exact) mass is 298 g/mol. The third-order valence-corrected chi connectivity index (χ3v) is 4.51. The fourth-order valence-corrected chi connectivity index (χ4v) is 3.18. The maximum atomic E-state index is 13.0. The van der Waals surface area contributed by atoms with Crippen molar-refractivity contribution in [3.05, 3.63) is 29.0 Å². The highest BCUT2D eigenvalue weighted by molar-refractivity contribution is 6.33. The van der Waals surface area contributed by atoms with Crippen molar-refractivity contribution in [1.29, 1.82) is 0 Å². The molecule has 1 heterocycles. The van der Waals surface area contributed by atoms with Gasteiger partial charge in [0.05, 0.1) is 10.7 Å². The number of nitrogens with one attached hydrogen (secondary N) is 1. The van der Waals surface area contributed by atoms with Gasteiger partial charge in [0.25, 0.3) is 0 Å². The summed E-state index contributed by atoms with van der Waals surface area (Å²) >= 11 is 6.07. The maximum absolute atomic E-state index is 13.0. The van der Waals surface area contributed by atoms with Crippen molar-refractivity contribution < 1.29 is 4.39 Å². The van der Waals surface area contributed by atoms with Crippen LogP contribution in [0.15, 0.2) is 18.2 Å². The molecule has 1 atom stereocenters. The van der Waals surface area contributed by atoms with Crippen LogP contribution >= 0.6 is 11.6 Å². The zero-order valence-electron chi connectivity index (χ0n) is 12.3. The molecule has 0 aromatic heterocycles. The molecule has 0 amide bonds. The number of rotatable bonds is 5. The topological polar surface area (TPSA) is 15.3 Å². The van der Waals surface area contributed by atoms with Gasteiger partial charge in [0.2, 0.25) is 0 Å². The lowest BCUT2D eigenvalue weighted by Gasteiger charge is -2.35. The molecule has 0 saturated carbocycles. The van der Waals surface area contributed by atoms with E-state index in [-0.39, 0.29) is 5.82 Å². The number of halogens is 2. The van der Waals surface area contributed by atoms with E-state index in [4.69, 9.17) is 11.6 Å². The second kappa shape index (κ2) is 7.28. The van der Waals surface area contributed by atoms with E-state index >= 15 is 0 Å². The summed E-state index contributed by atoms with van der Waals surface area (Å²) in [5.41, 5.74) is 0.830. The Bertz CT molecular complexity index is 430. The number of piperidine rings is 1. The molecule has 1 aromatic carbocycles. The summed E-state index contributed by atoms with van der Waals surface area (Å²) in [6.07, 6.45) is 3.66. The average Bonchev–Trinajstić information content (AvgIpc) is 2.43. The Morgan fingerprint density at radius 3 is 2.70 bits per heavy atom. The van der Waals surface area contributed by atoms with Gasteiger partial charge in [-0.1, -0.05) is 18.5 Å². The van der Waals surface area contributed by atoms with Crippen LogP contribution in [0.4, 0.5) is 10.1 Å². The third-order valence-electron chi connectivity index (χ3n) is 4.19. The highest BCUT2D eigenvalue weighted by Gasteiger charge is 2.23. The van der Waals surface area contributed by atoms with E-state index in [1.165, 1.54) is 51.0 Å². The van der Waals surface area contributed by atoms with Crippen molar-refractivity contribution in [2.75, 3.05) is 25.0 Å². The molecule has 0 aliphatic carbocycles. The van der Waals surface area contributed by atoms with E-state index in [0.717, 1.165) is 5.69 Å². The molecule has 4 heteroatoms. The quantitative estimate of drug-likeness (QED) is 0.866. The smallest absolute Gasteiger partial charge is 0.124 e. The summed E-state index contributed by atoms with van der Waals surface area (Å²) in [7, 11) is 0. The molecule has 0 radical (unpaired) electrons. The lowest BCUT2D eigenvalue weighted by atomic mass is 9.90. The lowest BCUT2D eigenvalue weighted by molar-refractivity contribution is 0.176. The third kappa shape index (κ3) is 4.10. The van der Waals surface area contributed by atoms with Gasteiger partial charge < -0.3 is 10.2 Å². The zero-order valence-corrected chi connectivity index (χ0v) is 13.1. The van der Waals surface area contributed by atoms with Crippen molar-refractivity contribution in [1.82, 2.24) is 4.90 Å². The van der Waals surface area contributed by atoms with Gasteiger partial charge in [-0.2, -0.15) is 0 Å². The maximum Gasteiger partial charge on any atom is 0.124 e. The molecule has 0 bridgehead atoms. The zero-order chi connectivity index (χ0) is 14.5. The summed E-state index contributed by atoms with van der Waals surface area (Å²) in [5.74, 6) is 0.366. The Balaban J connectivity index is 1.87. The molecular weight excluding hydrogens is 275 g/mol. The Morgan fingerprint density at radius 1 is 1.40 bits per heavy atom. The van der Waals surface area contributed by atoms with Crippen LogP contribution in [-0.2, 0) is 0 Å². The van der Waals surface area contributed by atoms with Crippen LogP contribution in [0.2, 0.25) is 5.02 Å². The van der Waals surface area contributed by atoms with Gasteiger partial charge >= 0.3 is 0 Å². The minimum absolute atomic E-state index is 0.291. The molecule has 1 aromatic rings. The van der Waals surface area contributed by atoms with Crippen molar-refractivity contribution >= 4 is 17.3 Å². The minimum atomic E-state index is -0.291.